The first-order chi connectivity index (χ1) is 13.1. The van der Waals surface area contributed by atoms with E-state index in [1.54, 1.807) is 12.1 Å². The highest BCUT2D eigenvalue weighted by Crippen LogP contribution is 2.25. The van der Waals surface area contributed by atoms with Gasteiger partial charge < -0.3 is 10.6 Å². The molecule has 0 unspecified atom stereocenters. The van der Waals surface area contributed by atoms with Crippen LogP contribution in [0.3, 0.4) is 0 Å². The molecule has 2 aromatic heterocycles. The maximum atomic E-state index is 14.1. The van der Waals surface area contributed by atoms with E-state index < -0.39 is 5.82 Å². The van der Waals surface area contributed by atoms with E-state index in [1.165, 1.54) is 9.95 Å². The summed E-state index contributed by atoms with van der Waals surface area (Å²) in [5, 5.41) is 10.7. The monoisotopic (exact) mass is 383 g/mol. The standard InChI is InChI=1S/C19H18FN5OS/c20-15-11-27-17-16(15)23-19(24-7-3-6-14(22)10-24)25(18(17)26)9-13-5-2-1-4-12(13)8-21/h1-2,4-5,11,14H,3,6-7,9-10,22H2/t14-/m1/s1. The van der Waals surface area contributed by atoms with Crippen LogP contribution in [0.15, 0.2) is 34.4 Å². The highest BCUT2D eigenvalue weighted by Gasteiger charge is 2.24. The van der Waals surface area contributed by atoms with Gasteiger partial charge in [0.2, 0.25) is 5.95 Å². The smallest absolute Gasteiger partial charge is 0.273 e. The minimum Gasteiger partial charge on any atom is -0.341 e. The third-order valence-electron chi connectivity index (χ3n) is 4.82. The number of nitriles is 1. The van der Waals surface area contributed by atoms with Crippen LogP contribution in [0.25, 0.3) is 10.2 Å². The SMILES string of the molecule is N#Cc1ccccc1Cn1c(N2CCC[C@@H](N)C2)nc2c(F)csc2c1=O. The van der Waals surface area contributed by atoms with Crippen LogP contribution >= 0.6 is 11.3 Å². The molecule has 8 heteroatoms. The fraction of sp³-hybridized carbons (Fsp3) is 0.316. The number of anilines is 1. The highest BCUT2D eigenvalue weighted by molar-refractivity contribution is 7.17. The largest absolute Gasteiger partial charge is 0.341 e. The second-order valence-electron chi connectivity index (χ2n) is 6.68. The minimum atomic E-state index is -0.487. The van der Waals surface area contributed by atoms with Crippen LogP contribution < -0.4 is 16.2 Å². The van der Waals surface area contributed by atoms with E-state index in [0.717, 1.165) is 29.7 Å². The van der Waals surface area contributed by atoms with Crippen molar-refractivity contribution < 1.29 is 4.39 Å². The number of aromatic nitrogens is 2. The highest BCUT2D eigenvalue weighted by atomic mass is 32.1. The summed E-state index contributed by atoms with van der Waals surface area (Å²) in [6.45, 7) is 1.47. The topological polar surface area (TPSA) is 87.9 Å². The number of hydrogen-bond acceptors (Lipinski definition) is 6. The summed E-state index contributed by atoms with van der Waals surface area (Å²) >= 11 is 1.05. The Bertz CT molecular complexity index is 1100. The van der Waals surface area contributed by atoms with Crippen molar-refractivity contribution in [2.45, 2.75) is 25.4 Å². The number of fused-ring (bicyclic) bond motifs is 1. The van der Waals surface area contributed by atoms with Crippen LogP contribution in [0.1, 0.15) is 24.0 Å². The molecule has 1 fully saturated rings. The zero-order valence-electron chi connectivity index (χ0n) is 14.6. The van der Waals surface area contributed by atoms with E-state index in [-0.39, 0.29) is 28.4 Å². The van der Waals surface area contributed by atoms with Crippen molar-refractivity contribution in [2.24, 2.45) is 5.73 Å². The van der Waals surface area contributed by atoms with Gasteiger partial charge in [0.05, 0.1) is 18.2 Å². The van der Waals surface area contributed by atoms with Crippen molar-refractivity contribution in [1.29, 1.82) is 5.26 Å². The molecule has 4 rings (SSSR count). The summed E-state index contributed by atoms with van der Waals surface area (Å²) in [6, 6.07) is 9.28. The zero-order valence-corrected chi connectivity index (χ0v) is 15.4. The molecule has 1 aromatic carbocycles. The molecule has 0 spiro atoms. The van der Waals surface area contributed by atoms with Gasteiger partial charge in [-0.3, -0.25) is 9.36 Å². The lowest BCUT2D eigenvalue weighted by Crippen LogP contribution is -2.45. The Morgan fingerprint density at radius 2 is 2.22 bits per heavy atom. The van der Waals surface area contributed by atoms with Gasteiger partial charge >= 0.3 is 0 Å². The quantitative estimate of drug-likeness (QED) is 0.751. The molecule has 1 aliphatic rings. The fourth-order valence-electron chi connectivity index (χ4n) is 3.47. The summed E-state index contributed by atoms with van der Waals surface area (Å²) in [6.07, 6.45) is 1.79. The lowest BCUT2D eigenvalue weighted by atomic mass is 10.1. The predicted octanol–water partition coefficient (Wildman–Crippen LogP) is 2.44. The van der Waals surface area contributed by atoms with E-state index in [9.17, 15) is 14.4 Å². The molecule has 3 aromatic rings. The second-order valence-corrected chi connectivity index (χ2v) is 7.56. The number of thiophene rings is 1. The molecule has 0 saturated carbocycles. The number of nitrogens with zero attached hydrogens (tertiary/aromatic N) is 4. The van der Waals surface area contributed by atoms with E-state index in [2.05, 4.69) is 11.1 Å². The maximum absolute atomic E-state index is 14.1. The molecule has 1 saturated heterocycles. The van der Waals surface area contributed by atoms with Crippen molar-refractivity contribution in [3.8, 4) is 6.07 Å². The lowest BCUT2D eigenvalue weighted by molar-refractivity contribution is 0.491. The molecule has 27 heavy (non-hydrogen) atoms. The van der Waals surface area contributed by atoms with Gasteiger partial charge in [0, 0.05) is 24.5 Å². The molecular formula is C19H18FN5OS. The number of benzene rings is 1. The lowest BCUT2D eigenvalue weighted by Gasteiger charge is -2.33. The Labute approximate surface area is 159 Å². The molecule has 0 radical (unpaired) electrons. The van der Waals surface area contributed by atoms with Gasteiger partial charge in [-0.1, -0.05) is 18.2 Å². The van der Waals surface area contributed by atoms with E-state index in [4.69, 9.17) is 5.73 Å². The third kappa shape index (κ3) is 3.20. The second kappa shape index (κ2) is 7.10. The normalized spacial score (nSPS) is 17.2. The van der Waals surface area contributed by atoms with Gasteiger partial charge in [-0.2, -0.15) is 5.26 Å². The van der Waals surface area contributed by atoms with Gasteiger partial charge in [0.25, 0.3) is 5.56 Å². The van der Waals surface area contributed by atoms with Crippen molar-refractivity contribution in [3.05, 3.63) is 56.9 Å². The minimum absolute atomic E-state index is 0.0153. The van der Waals surface area contributed by atoms with E-state index in [1.807, 2.05) is 17.0 Å². The first-order valence-electron chi connectivity index (χ1n) is 8.74. The van der Waals surface area contributed by atoms with Crippen LogP contribution in [0.5, 0.6) is 0 Å². The van der Waals surface area contributed by atoms with Crippen LogP contribution in [0.4, 0.5) is 10.3 Å². The van der Waals surface area contributed by atoms with Crippen molar-refractivity contribution in [2.75, 3.05) is 18.0 Å². The summed E-state index contributed by atoms with van der Waals surface area (Å²) < 4.78 is 16.0. The molecule has 1 atom stereocenters. The summed E-state index contributed by atoms with van der Waals surface area (Å²) in [5.74, 6) is -0.0769. The van der Waals surface area contributed by atoms with Crippen LogP contribution in [-0.2, 0) is 6.54 Å². The molecule has 2 N–H and O–H groups in total. The molecule has 0 amide bonds. The van der Waals surface area contributed by atoms with Crippen LogP contribution in [-0.4, -0.2) is 28.7 Å². The Kier molecular flexibility index (Phi) is 4.64. The first-order valence-corrected chi connectivity index (χ1v) is 9.62. The van der Waals surface area contributed by atoms with Crippen molar-refractivity contribution in [3.63, 3.8) is 0 Å². The first kappa shape index (κ1) is 17.6. The van der Waals surface area contributed by atoms with E-state index in [0.29, 0.717) is 24.6 Å². The van der Waals surface area contributed by atoms with Gasteiger partial charge in [0.1, 0.15) is 10.2 Å². The fourth-order valence-corrected chi connectivity index (χ4v) is 4.27. The summed E-state index contributed by atoms with van der Waals surface area (Å²) in [5.41, 5.74) is 7.13. The number of hydrogen-bond donors (Lipinski definition) is 1. The number of halogens is 1. The summed E-state index contributed by atoms with van der Waals surface area (Å²) in [7, 11) is 0. The molecule has 138 valence electrons. The number of nitrogens with two attached hydrogens (primary N) is 1. The Balaban J connectivity index is 1.89. The van der Waals surface area contributed by atoms with Gasteiger partial charge in [-0.25, -0.2) is 9.37 Å². The molecule has 6 nitrogen and oxygen atoms in total. The molecule has 1 aliphatic heterocycles. The number of piperidine rings is 1. The average molecular weight is 383 g/mol. The van der Waals surface area contributed by atoms with Gasteiger partial charge in [0.15, 0.2) is 5.82 Å². The van der Waals surface area contributed by atoms with Crippen LogP contribution in [0, 0.1) is 17.1 Å². The Morgan fingerprint density at radius 1 is 1.41 bits per heavy atom. The van der Waals surface area contributed by atoms with Crippen molar-refractivity contribution in [1.82, 2.24) is 9.55 Å². The molecule has 3 heterocycles. The third-order valence-corrected chi connectivity index (χ3v) is 5.75. The average Bonchev–Trinajstić information content (AvgIpc) is 3.05. The van der Waals surface area contributed by atoms with Crippen LogP contribution in [0.2, 0.25) is 0 Å². The maximum Gasteiger partial charge on any atom is 0.273 e. The Hall–Kier alpha value is -2.76. The molecular weight excluding hydrogens is 365 g/mol. The van der Waals surface area contributed by atoms with Gasteiger partial charge in [-0.15, -0.1) is 11.3 Å². The van der Waals surface area contributed by atoms with E-state index >= 15 is 0 Å². The van der Waals surface area contributed by atoms with Gasteiger partial charge in [-0.05, 0) is 24.5 Å². The Morgan fingerprint density at radius 3 is 3.00 bits per heavy atom. The predicted molar refractivity (Wildman–Crippen MR) is 104 cm³/mol. The molecule has 0 bridgehead atoms. The zero-order chi connectivity index (χ0) is 19.0. The summed E-state index contributed by atoms with van der Waals surface area (Å²) in [4.78, 5) is 19.6. The molecule has 0 aliphatic carbocycles. The number of rotatable bonds is 3. The van der Waals surface area contributed by atoms with Crippen molar-refractivity contribution >= 4 is 27.5 Å².